The molecule has 0 saturated carbocycles. The predicted molar refractivity (Wildman–Crippen MR) is 166 cm³/mol. The zero-order valence-electron chi connectivity index (χ0n) is 22.7. The first-order valence-electron chi connectivity index (χ1n) is 13.5. The molecule has 43 heavy (non-hydrogen) atoms. The molecule has 2 aromatic heterocycles. The van der Waals surface area contributed by atoms with Gasteiger partial charge in [0, 0.05) is 23.1 Å². The van der Waals surface area contributed by atoms with Crippen molar-refractivity contribution in [3.8, 4) is 17.1 Å². The molecule has 1 amide bonds. The van der Waals surface area contributed by atoms with Crippen molar-refractivity contribution in [3.05, 3.63) is 132 Å². The number of anilines is 2. The number of aromatic nitrogens is 1. The van der Waals surface area contributed by atoms with Crippen molar-refractivity contribution < 1.29 is 23.8 Å². The molecule has 2 atom stereocenters. The number of carboxylic acids is 1. The lowest BCUT2D eigenvalue weighted by Gasteiger charge is -2.26. The van der Waals surface area contributed by atoms with Crippen molar-refractivity contribution in [1.82, 2.24) is 10.3 Å². The van der Waals surface area contributed by atoms with Gasteiger partial charge in [0.25, 0.3) is 5.91 Å². The summed E-state index contributed by atoms with van der Waals surface area (Å²) in [6.45, 7) is -0.119. The molecule has 0 aliphatic carbocycles. The Bertz CT molecular complexity index is 1760. The first-order valence-corrected chi connectivity index (χ1v) is 13.9. The van der Waals surface area contributed by atoms with Crippen LogP contribution in [0.1, 0.15) is 33.9 Å². The maximum absolute atomic E-state index is 12.5. The summed E-state index contributed by atoms with van der Waals surface area (Å²) in [6, 6.07) is 31.6. The average Bonchev–Trinajstić information content (AvgIpc) is 3.66. The summed E-state index contributed by atoms with van der Waals surface area (Å²) in [6.07, 6.45) is 1.72. The maximum Gasteiger partial charge on any atom is 0.336 e. The number of hydrogen-bond acceptors (Lipinski definition) is 6. The molecule has 214 valence electrons. The van der Waals surface area contributed by atoms with Crippen LogP contribution < -0.4 is 20.3 Å². The third kappa shape index (κ3) is 5.95. The minimum Gasteiger partial charge on any atom is -0.484 e. The number of hydrogen-bond donors (Lipinski definition) is 3. The third-order valence-electron chi connectivity index (χ3n) is 6.98. The molecule has 10 heteroatoms. The second-order valence-corrected chi connectivity index (χ2v) is 10.1. The average molecular weight is 591 g/mol. The van der Waals surface area contributed by atoms with E-state index in [0.717, 1.165) is 11.4 Å². The van der Waals surface area contributed by atoms with Gasteiger partial charge >= 0.3 is 5.97 Å². The van der Waals surface area contributed by atoms with Crippen LogP contribution in [-0.4, -0.2) is 33.7 Å². The highest BCUT2D eigenvalue weighted by atomic mass is 32.1. The van der Waals surface area contributed by atoms with Gasteiger partial charge < -0.3 is 29.8 Å². The molecule has 5 aromatic rings. The summed E-state index contributed by atoms with van der Waals surface area (Å²) in [5, 5.41) is 16.4. The number of ether oxygens (including phenoxy) is 1. The molecule has 1 saturated heterocycles. The summed E-state index contributed by atoms with van der Waals surface area (Å²) in [5.41, 5.74) is 2.76. The van der Waals surface area contributed by atoms with Crippen molar-refractivity contribution in [1.29, 1.82) is 0 Å². The Balaban J connectivity index is 1.27. The fourth-order valence-corrected chi connectivity index (χ4v) is 5.38. The molecule has 0 radical (unpaired) electrons. The van der Waals surface area contributed by atoms with Crippen molar-refractivity contribution in [2.75, 3.05) is 16.8 Å². The van der Waals surface area contributed by atoms with Crippen LogP contribution in [0.3, 0.4) is 0 Å². The van der Waals surface area contributed by atoms with Crippen LogP contribution in [0.25, 0.3) is 11.3 Å². The van der Waals surface area contributed by atoms with Gasteiger partial charge in [0.05, 0.1) is 17.3 Å². The number of pyridine rings is 1. The van der Waals surface area contributed by atoms with E-state index in [1.807, 2.05) is 59.5 Å². The zero-order valence-corrected chi connectivity index (χ0v) is 23.5. The lowest BCUT2D eigenvalue weighted by molar-refractivity contribution is -0.118. The summed E-state index contributed by atoms with van der Waals surface area (Å²) in [7, 11) is 0. The number of carbonyl (C=O) groups is 2. The van der Waals surface area contributed by atoms with E-state index in [4.69, 9.17) is 21.4 Å². The van der Waals surface area contributed by atoms with Gasteiger partial charge in [0.2, 0.25) is 0 Å². The smallest absolute Gasteiger partial charge is 0.336 e. The number of carboxylic acid groups (broad SMARTS) is 1. The molecule has 3 heterocycles. The topological polar surface area (TPSA) is 117 Å². The standard InChI is InChI=1S/C33H26N4O5S/c38-29(20-41-23-8-2-1-3-9-23)35-21-13-15-22(16-14-21)37-31(30(36-33(37)43)26-12-6-7-19-34-26)28-18-17-27(42-28)24-10-4-5-11-25(24)32(39)40/h1-19,30-31H,20H2,(H,35,38)(H,36,43)(H,39,40)/t30-,31+/m0/s1. The zero-order chi connectivity index (χ0) is 29.8. The van der Waals surface area contributed by atoms with Crippen LogP contribution in [0.15, 0.2) is 120 Å². The van der Waals surface area contributed by atoms with E-state index in [2.05, 4.69) is 15.6 Å². The first kappa shape index (κ1) is 27.7. The highest BCUT2D eigenvalue weighted by Gasteiger charge is 2.42. The van der Waals surface area contributed by atoms with Crippen molar-refractivity contribution in [2.45, 2.75) is 12.1 Å². The predicted octanol–water partition coefficient (Wildman–Crippen LogP) is 6.23. The highest BCUT2D eigenvalue weighted by molar-refractivity contribution is 7.80. The van der Waals surface area contributed by atoms with Crippen LogP contribution >= 0.6 is 12.2 Å². The summed E-state index contributed by atoms with van der Waals surface area (Å²) in [4.78, 5) is 30.8. The van der Waals surface area contributed by atoms with Gasteiger partial charge in [-0.05, 0) is 78.9 Å². The highest BCUT2D eigenvalue weighted by Crippen LogP contribution is 2.43. The van der Waals surface area contributed by atoms with Crippen LogP contribution in [-0.2, 0) is 4.79 Å². The number of furan rings is 1. The molecule has 1 fully saturated rings. The monoisotopic (exact) mass is 590 g/mol. The molecule has 9 nitrogen and oxygen atoms in total. The van der Waals surface area contributed by atoms with Gasteiger partial charge in [-0.1, -0.05) is 42.5 Å². The molecular formula is C33H26N4O5S. The SMILES string of the molecule is O=C(COc1ccccc1)Nc1ccc(N2C(=S)N[C@@H](c3ccccn3)[C@H]2c2ccc(-c3ccccc3C(=O)O)o2)cc1. The summed E-state index contributed by atoms with van der Waals surface area (Å²) >= 11 is 5.80. The molecule has 1 aliphatic rings. The molecule has 0 unspecified atom stereocenters. The molecular weight excluding hydrogens is 564 g/mol. The van der Waals surface area contributed by atoms with E-state index in [9.17, 15) is 14.7 Å². The Hall–Kier alpha value is -5.48. The second kappa shape index (κ2) is 12.2. The number of benzene rings is 3. The van der Waals surface area contributed by atoms with Gasteiger partial charge in [-0.15, -0.1) is 0 Å². The second-order valence-electron chi connectivity index (χ2n) is 9.75. The Kier molecular flexibility index (Phi) is 7.84. The number of thiocarbonyl (C=S) groups is 1. The molecule has 3 aromatic carbocycles. The molecule has 0 spiro atoms. The van der Waals surface area contributed by atoms with E-state index < -0.39 is 12.0 Å². The van der Waals surface area contributed by atoms with Crippen molar-refractivity contribution in [3.63, 3.8) is 0 Å². The third-order valence-corrected chi connectivity index (χ3v) is 7.30. The Morgan fingerprint density at radius 3 is 2.42 bits per heavy atom. The number of carbonyl (C=O) groups excluding carboxylic acids is 1. The molecule has 6 rings (SSSR count). The maximum atomic E-state index is 12.5. The van der Waals surface area contributed by atoms with E-state index in [1.165, 1.54) is 0 Å². The lowest BCUT2D eigenvalue weighted by Crippen LogP contribution is -2.29. The van der Waals surface area contributed by atoms with Crippen LogP contribution in [0, 0.1) is 0 Å². The van der Waals surface area contributed by atoms with Gasteiger partial charge in [0.1, 0.15) is 23.3 Å². The fourth-order valence-electron chi connectivity index (χ4n) is 5.03. The Labute approximate surface area is 252 Å². The number of amides is 1. The van der Waals surface area contributed by atoms with Gasteiger partial charge in [-0.2, -0.15) is 0 Å². The molecule has 1 aliphatic heterocycles. The van der Waals surface area contributed by atoms with Crippen molar-refractivity contribution >= 4 is 40.6 Å². The van der Waals surface area contributed by atoms with Gasteiger partial charge in [-0.25, -0.2) is 4.79 Å². The van der Waals surface area contributed by atoms with Gasteiger partial charge in [0.15, 0.2) is 11.7 Å². The normalized spacial score (nSPS) is 16.0. The number of para-hydroxylation sites is 1. The fraction of sp³-hybridized carbons (Fsp3) is 0.0909. The molecule has 0 bridgehead atoms. The van der Waals surface area contributed by atoms with Crippen LogP contribution in [0.4, 0.5) is 11.4 Å². The van der Waals surface area contributed by atoms with Crippen molar-refractivity contribution in [2.24, 2.45) is 0 Å². The van der Waals surface area contributed by atoms with E-state index in [1.54, 1.807) is 60.8 Å². The number of nitrogens with zero attached hydrogens (tertiary/aromatic N) is 2. The summed E-state index contributed by atoms with van der Waals surface area (Å²) < 4.78 is 11.9. The Morgan fingerprint density at radius 1 is 0.930 bits per heavy atom. The lowest BCUT2D eigenvalue weighted by atomic mass is 10.0. The molecule has 3 N–H and O–H groups in total. The minimum atomic E-state index is -1.04. The Morgan fingerprint density at radius 2 is 1.67 bits per heavy atom. The number of rotatable bonds is 9. The van der Waals surface area contributed by atoms with Gasteiger partial charge in [-0.3, -0.25) is 9.78 Å². The van der Waals surface area contributed by atoms with Crippen LogP contribution in [0.2, 0.25) is 0 Å². The van der Waals surface area contributed by atoms with E-state index in [0.29, 0.717) is 33.6 Å². The van der Waals surface area contributed by atoms with E-state index in [-0.39, 0.29) is 24.1 Å². The largest absolute Gasteiger partial charge is 0.484 e. The van der Waals surface area contributed by atoms with Crippen LogP contribution in [0.5, 0.6) is 5.75 Å². The first-order chi connectivity index (χ1) is 21.0. The van der Waals surface area contributed by atoms with E-state index >= 15 is 0 Å². The number of nitrogens with one attached hydrogen (secondary N) is 2. The quantitative estimate of drug-likeness (QED) is 0.172. The summed E-state index contributed by atoms with van der Waals surface area (Å²) in [5.74, 6) is 0.302. The number of aromatic carboxylic acids is 1. The minimum absolute atomic E-state index is 0.119.